The maximum Gasteiger partial charge on any atom is 0.243 e. The van der Waals surface area contributed by atoms with Gasteiger partial charge in [0.25, 0.3) is 0 Å². The number of halogens is 1. The first-order valence-corrected chi connectivity index (χ1v) is 7.87. The summed E-state index contributed by atoms with van der Waals surface area (Å²) in [6.45, 7) is 4.23. The van der Waals surface area contributed by atoms with Crippen LogP contribution in [0.4, 0.5) is 0 Å². The third-order valence-electron chi connectivity index (χ3n) is 2.69. The van der Waals surface area contributed by atoms with Crippen LogP contribution in [0.5, 0.6) is 0 Å². The molecule has 1 aromatic heterocycles. The molecule has 0 radical (unpaired) electrons. The fraction of sp³-hybridized carbons (Fsp3) is 0.429. The lowest BCUT2D eigenvalue weighted by atomic mass is 10.0. The molecule has 6 heteroatoms. The van der Waals surface area contributed by atoms with Crippen LogP contribution in [-0.2, 0) is 5.75 Å². The van der Waals surface area contributed by atoms with Crippen molar-refractivity contribution in [3.05, 3.63) is 41.0 Å². The summed E-state index contributed by atoms with van der Waals surface area (Å²) in [4.78, 5) is 5.42. The van der Waals surface area contributed by atoms with E-state index < -0.39 is 0 Å². The molecule has 0 spiro atoms. The number of benzene rings is 1. The van der Waals surface area contributed by atoms with Crippen LogP contribution in [0.15, 0.2) is 33.7 Å². The van der Waals surface area contributed by atoms with E-state index in [-0.39, 0.29) is 6.04 Å². The quantitative estimate of drug-likeness (QED) is 0.815. The zero-order valence-electron chi connectivity index (χ0n) is 11.5. The van der Waals surface area contributed by atoms with Crippen molar-refractivity contribution < 1.29 is 4.52 Å². The largest absolute Gasteiger partial charge is 0.338 e. The average molecular weight is 312 g/mol. The number of nitrogens with two attached hydrogens (primary N) is 1. The van der Waals surface area contributed by atoms with Gasteiger partial charge in [0.1, 0.15) is 0 Å². The van der Waals surface area contributed by atoms with E-state index in [2.05, 4.69) is 24.0 Å². The van der Waals surface area contributed by atoms with Gasteiger partial charge in [-0.25, -0.2) is 0 Å². The molecule has 20 heavy (non-hydrogen) atoms. The smallest absolute Gasteiger partial charge is 0.243 e. The van der Waals surface area contributed by atoms with Crippen LogP contribution < -0.4 is 5.73 Å². The van der Waals surface area contributed by atoms with E-state index in [9.17, 15) is 0 Å². The summed E-state index contributed by atoms with van der Waals surface area (Å²) in [5.74, 6) is 2.31. The van der Waals surface area contributed by atoms with E-state index in [0.717, 1.165) is 16.3 Å². The van der Waals surface area contributed by atoms with Gasteiger partial charge in [0, 0.05) is 9.92 Å². The predicted molar refractivity (Wildman–Crippen MR) is 81.7 cm³/mol. The van der Waals surface area contributed by atoms with E-state index in [1.165, 1.54) is 0 Å². The highest BCUT2D eigenvalue weighted by Gasteiger charge is 2.16. The van der Waals surface area contributed by atoms with Crippen molar-refractivity contribution in [2.24, 2.45) is 11.7 Å². The first kappa shape index (κ1) is 15.4. The summed E-state index contributed by atoms with van der Waals surface area (Å²) < 4.78 is 5.21. The van der Waals surface area contributed by atoms with Gasteiger partial charge in [-0.2, -0.15) is 4.98 Å². The van der Waals surface area contributed by atoms with E-state index >= 15 is 0 Å². The molecule has 0 saturated carbocycles. The monoisotopic (exact) mass is 311 g/mol. The zero-order valence-corrected chi connectivity index (χ0v) is 13.1. The zero-order chi connectivity index (χ0) is 14.5. The van der Waals surface area contributed by atoms with Gasteiger partial charge >= 0.3 is 0 Å². The molecule has 0 amide bonds. The van der Waals surface area contributed by atoms with Gasteiger partial charge < -0.3 is 10.3 Å². The summed E-state index contributed by atoms with van der Waals surface area (Å²) in [5.41, 5.74) is 6.02. The number of rotatable bonds is 6. The summed E-state index contributed by atoms with van der Waals surface area (Å²) >= 11 is 7.56. The van der Waals surface area contributed by atoms with E-state index in [4.69, 9.17) is 21.9 Å². The summed E-state index contributed by atoms with van der Waals surface area (Å²) in [6, 6.07) is 7.50. The van der Waals surface area contributed by atoms with Crippen LogP contribution in [-0.4, -0.2) is 10.1 Å². The predicted octanol–water partition coefficient (Wildman–Crippen LogP) is 4.06. The Morgan fingerprint density at radius 1 is 1.40 bits per heavy atom. The lowest BCUT2D eigenvalue weighted by molar-refractivity contribution is 0.333. The molecular formula is C14H18ClN3OS. The molecule has 1 aromatic carbocycles. The van der Waals surface area contributed by atoms with E-state index in [0.29, 0.717) is 23.4 Å². The molecule has 0 aliphatic rings. The van der Waals surface area contributed by atoms with Crippen molar-refractivity contribution in [3.8, 4) is 0 Å². The first-order chi connectivity index (χ1) is 9.54. The fourth-order valence-corrected chi connectivity index (χ4v) is 2.84. The Morgan fingerprint density at radius 2 is 2.20 bits per heavy atom. The van der Waals surface area contributed by atoms with Crippen molar-refractivity contribution in [2.45, 2.75) is 37.0 Å². The molecule has 0 saturated heterocycles. The maximum absolute atomic E-state index is 6.02. The fourth-order valence-electron chi connectivity index (χ4n) is 1.79. The Hall–Kier alpha value is -1.04. The van der Waals surface area contributed by atoms with Gasteiger partial charge in [0.05, 0.1) is 11.8 Å². The minimum Gasteiger partial charge on any atom is -0.338 e. The van der Waals surface area contributed by atoms with Crippen molar-refractivity contribution in [1.82, 2.24) is 10.1 Å². The van der Waals surface area contributed by atoms with Crippen LogP contribution in [0.3, 0.4) is 0 Å². The van der Waals surface area contributed by atoms with Crippen LogP contribution >= 0.6 is 23.4 Å². The molecule has 1 heterocycles. The number of aromatic nitrogens is 2. The summed E-state index contributed by atoms with van der Waals surface area (Å²) in [5, 5.41) is 4.69. The SMILES string of the molecule is CC(C)C[C@H](N)c1nc(CSc2cccc(Cl)c2)no1. The Bertz CT molecular complexity index is 559. The lowest BCUT2D eigenvalue weighted by Crippen LogP contribution is -2.13. The van der Waals surface area contributed by atoms with Gasteiger partial charge in [-0.15, -0.1) is 11.8 Å². The van der Waals surface area contributed by atoms with Gasteiger partial charge in [-0.1, -0.05) is 36.7 Å². The Kier molecular flexibility index (Phi) is 5.46. The molecule has 2 aromatic rings. The van der Waals surface area contributed by atoms with Crippen molar-refractivity contribution in [2.75, 3.05) is 0 Å². The minimum absolute atomic E-state index is 0.188. The van der Waals surface area contributed by atoms with Crippen LogP contribution in [0.2, 0.25) is 5.02 Å². The highest BCUT2D eigenvalue weighted by molar-refractivity contribution is 7.98. The highest BCUT2D eigenvalue weighted by atomic mass is 35.5. The van der Waals surface area contributed by atoms with Crippen molar-refractivity contribution in [3.63, 3.8) is 0 Å². The molecule has 4 nitrogen and oxygen atoms in total. The molecule has 0 aliphatic carbocycles. The van der Waals surface area contributed by atoms with Crippen LogP contribution in [0.25, 0.3) is 0 Å². The standard InChI is InChI=1S/C14H18ClN3OS/c1-9(2)6-12(16)14-17-13(18-19-14)8-20-11-5-3-4-10(15)7-11/h3-5,7,9,12H,6,8,16H2,1-2H3/t12-/m0/s1. The second-order valence-corrected chi connectivity index (χ2v) is 6.52. The normalized spacial score (nSPS) is 12.8. The second-order valence-electron chi connectivity index (χ2n) is 5.03. The maximum atomic E-state index is 6.02. The molecule has 2 N–H and O–H groups in total. The molecule has 0 fully saturated rings. The van der Waals surface area contributed by atoms with E-state index in [1.807, 2.05) is 24.3 Å². The van der Waals surface area contributed by atoms with Crippen molar-refractivity contribution >= 4 is 23.4 Å². The van der Waals surface area contributed by atoms with Crippen LogP contribution in [0, 0.1) is 5.92 Å². The van der Waals surface area contributed by atoms with Crippen molar-refractivity contribution in [1.29, 1.82) is 0 Å². The van der Waals surface area contributed by atoms with Gasteiger partial charge in [-0.05, 0) is 30.5 Å². The summed E-state index contributed by atoms with van der Waals surface area (Å²) in [6.07, 6.45) is 0.836. The first-order valence-electron chi connectivity index (χ1n) is 6.51. The molecule has 0 unspecified atom stereocenters. The number of hydrogen-bond acceptors (Lipinski definition) is 5. The third kappa shape index (κ3) is 4.51. The molecule has 1 atom stereocenters. The molecular weight excluding hydrogens is 294 g/mol. The van der Waals surface area contributed by atoms with Crippen LogP contribution in [0.1, 0.15) is 38.0 Å². The number of hydrogen-bond donors (Lipinski definition) is 1. The summed E-state index contributed by atoms with van der Waals surface area (Å²) in [7, 11) is 0. The van der Waals surface area contributed by atoms with Gasteiger partial charge in [-0.3, -0.25) is 0 Å². The second kappa shape index (κ2) is 7.11. The topological polar surface area (TPSA) is 64.9 Å². The molecule has 0 aliphatic heterocycles. The number of thioether (sulfide) groups is 1. The average Bonchev–Trinajstić information content (AvgIpc) is 2.84. The van der Waals surface area contributed by atoms with E-state index in [1.54, 1.807) is 11.8 Å². The van der Waals surface area contributed by atoms with Gasteiger partial charge in [0.15, 0.2) is 5.82 Å². The Labute approximate surface area is 128 Å². The Balaban J connectivity index is 1.93. The minimum atomic E-state index is -0.188. The molecule has 108 valence electrons. The molecule has 0 bridgehead atoms. The lowest BCUT2D eigenvalue weighted by Gasteiger charge is -2.08. The Morgan fingerprint density at radius 3 is 2.90 bits per heavy atom. The highest BCUT2D eigenvalue weighted by Crippen LogP contribution is 2.25. The number of nitrogens with zero attached hydrogens (tertiary/aromatic N) is 2. The third-order valence-corrected chi connectivity index (χ3v) is 3.92. The molecule has 2 rings (SSSR count). The van der Waals surface area contributed by atoms with Gasteiger partial charge in [0.2, 0.25) is 5.89 Å².